The first-order valence-corrected chi connectivity index (χ1v) is 9.44. The Hall–Kier alpha value is -0.460. The topological polar surface area (TPSA) is 54.9 Å². The Morgan fingerprint density at radius 2 is 2.36 bits per heavy atom. The first-order chi connectivity index (χ1) is 10.7. The lowest BCUT2D eigenvalue weighted by molar-refractivity contribution is 0.0888. The van der Waals surface area contributed by atoms with E-state index in [4.69, 9.17) is 9.47 Å². The number of ether oxygens (including phenoxy) is 2. The molecule has 0 aromatic heterocycles. The molecule has 0 aromatic rings. The van der Waals surface area contributed by atoms with Gasteiger partial charge in [0.2, 0.25) is 0 Å². The van der Waals surface area contributed by atoms with Crippen LogP contribution in [-0.2, 0) is 9.47 Å². The Kier molecular flexibility index (Phi) is 7.83. The van der Waals surface area contributed by atoms with Crippen LogP contribution in [0.2, 0.25) is 0 Å². The van der Waals surface area contributed by atoms with E-state index in [9.17, 15) is 0 Å². The summed E-state index contributed by atoms with van der Waals surface area (Å²) in [6.45, 7) is 7.61. The molecule has 0 aliphatic carbocycles. The summed E-state index contributed by atoms with van der Waals surface area (Å²) in [5.74, 6) is 2.79. The molecule has 2 rings (SSSR count). The van der Waals surface area contributed by atoms with Crippen LogP contribution in [0.15, 0.2) is 4.99 Å². The molecule has 2 aliphatic heterocycles. The molecule has 2 unspecified atom stereocenters. The van der Waals surface area contributed by atoms with E-state index in [2.05, 4.69) is 34.3 Å². The molecule has 2 atom stereocenters. The third-order valence-electron chi connectivity index (χ3n) is 4.29. The Balaban J connectivity index is 1.49. The van der Waals surface area contributed by atoms with Crippen molar-refractivity contribution in [1.29, 1.82) is 0 Å². The Bertz CT molecular complexity index is 340. The van der Waals surface area contributed by atoms with E-state index in [1.807, 2.05) is 7.05 Å². The third-order valence-corrected chi connectivity index (χ3v) is 5.83. The molecular formula is C16H31N3O2S. The molecule has 2 fully saturated rings. The fraction of sp³-hybridized carbons (Fsp3) is 0.938. The minimum absolute atomic E-state index is 0.365. The summed E-state index contributed by atoms with van der Waals surface area (Å²) in [6, 6.07) is 0. The van der Waals surface area contributed by atoms with Gasteiger partial charge >= 0.3 is 0 Å². The number of guanidine groups is 1. The van der Waals surface area contributed by atoms with Crippen molar-refractivity contribution in [3.8, 4) is 0 Å². The number of hydrogen-bond acceptors (Lipinski definition) is 4. The van der Waals surface area contributed by atoms with Crippen LogP contribution >= 0.6 is 11.8 Å². The maximum Gasteiger partial charge on any atom is 0.191 e. The molecule has 2 N–H and O–H groups in total. The quantitative estimate of drug-likeness (QED) is 0.404. The highest BCUT2D eigenvalue weighted by molar-refractivity contribution is 8.00. The van der Waals surface area contributed by atoms with Crippen LogP contribution < -0.4 is 10.6 Å². The summed E-state index contributed by atoms with van der Waals surface area (Å²) in [5, 5.41) is 6.81. The zero-order chi connectivity index (χ0) is 15.7. The normalized spacial score (nSPS) is 29.0. The van der Waals surface area contributed by atoms with E-state index < -0.39 is 0 Å². The fourth-order valence-corrected chi connectivity index (χ4v) is 4.06. The molecule has 0 aromatic carbocycles. The Labute approximate surface area is 139 Å². The van der Waals surface area contributed by atoms with Gasteiger partial charge in [0.1, 0.15) is 0 Å². The van der Waals surface area contributed by atoms with Crippen molar-refractivity contribution in [2.24, 2.45) is 10.9 Å². The van der Waals surface area contributed by atoms with E-state index in [-0.39, 0.29) is 0 Å². The Morgan fingerprint density at radius 1 is 1.45 bits per heavy atom. The van der Waals surface area contributed by atoms with Gasteiger partial charge in [-0.2, -0.15) is 11.8 Å². The molecule has 2 heterocycles. The average Bonchev–Trinajstić information content (AvgIpc) is 3.18. The Morgan fingerprint density at radius 3 is 3.05 bits per heavy atom. The van der Waals surface area contributed by atoms with Gasteiger partial charge in [0.25, 0.3) is 0 Å². The largest absolute Gasteiger partial charge is 0.381 e. The van der Waals surface area contributed by atoms with Gasteiger partial charge < -0.3 is 20.1 Å². The molecule has 0 spiro atoms. The number of nitrogens with one attached hydrogen (secondary N) is 2. The molecule has 0 radical (unpaired) electrons. The molecule has 2 aliphatic rings. The van der Waals surface area contributed by atoms with Crippen molar-refractivity contribution < 1.29 is 9.47 Å². The fourth-order valence-electron chi connectivity index (χ4n) is 2.81. The lowest BCUT2D eigenvalue weighted by Gasteiger charge is -2.24. The SMILES string of the molecule is CN=C(NCCCOCC1CCOC1)NCC1(C)CCCS1. The van der Waals surface area contributed by atoms with Crippen molar-refractivity contribution in [2.75, 3.05) is 52.3 Å². The van der Waals surface area contributed by atoms with Crippen LogP contribution in [0.4, 0.5) is 0 Å². The summed E-state index contributed by atoms with van der Waals surface area (Å²) in [6.07, 6.45) is 4.77. The predicted molar refractivity (Wildman–Crippen MR) is 93.8 cm³/mol. The summed E-state index contributed by atoms with van der Waals surface area (Å²) in [5.41, 5.74) is 0. The van der Waals surface area contributed by atoms with E-state index in [1.165, 1.54) is 18.6 Å². The molecule has 6 heteroatoms. The van der Waals surface area contributed by atoms with Gasteiger partial charge in [0.05, 0.1) is 13.2 Å². The monoisotopic (exact) mass is 329 g/mol. The standard InChI is InChI=1S/C16H31N3O2S/c1-16(6-3-10-22-16)13-19-15(17-2)18-7-4-8-20-11-14-5-9-21-12-14/h14H,3-13H2,1-2H3,(H2,17,18,19). The van der Waals surface area contributed by atoms with Crippen LogP contribution in [-0.4, -0.2) is 63.0 Å². The summed E-state index contributed by atoms with van der Waals surface area (Å²) in [7, 11) is 1.83. The van der Waals surface area contributed by atoms with E-state index in [1.54, 1.807) is 0 Å². The molecular weight excluding hydrogens is 298 g/mol. The second kappa shape index (κ2) is 9.63. The molecule has 22 heavy (non-hydrogen) atoms. The minimum Gasteiger partial charge on any atom is -0.381 e. The lowest BCUT2D eigenvalue weighted by atomic mass is 10.1. The molecule has 2 saturated heterocycles. The van der Waals surface area contributed by atoms with Crippen LogP contribution in [0.3, 0.4) is 0 Å². The van der Waals surface area contributed by atoms with Gasteiger partial charge in [-0.1, -0.05) is 0 Å². The maximum absolute atomic E-state index is 5.71. The maximum atomic E-state index is 5.71. The minimum atomic E-state index is 0.365. The van der Waals surface area contributed by atoms with Crippen LogP contribution in [0.5, 0.6) is 0 Å². The number of hydrogen-bond donors (Lipinski definition) is 2. The number of aliphatic imine (C=N–C) groups is 1. The van der Waals surface area contributed by atoms with Crippen molar-refractivity contribution in [3.05, 3.63) is 0 Å². The molecule has 0 saturated carbocycles. The van der Waals surface area contributed by atoms with Crippen molar-refractivity contribution in [1.82, 2.24) is 10.6 Å². The summed E-state index contributed by atoms with van der Waals surface area (Å²) in [4.78, 5) is 4.29. The number of thioether (sulfide) groups is 1. The molecule has 5 nitrogen and oxygen atoms in total. The average molecular weight is 330 g/mol. The highest BCUT2D eigenvalue weighted by Gasteiger charge is 2.29. The second-order valence-electron chi connectivity index (χ2n) is 6.41. The van der Waals surface area contributed by atoms with Gasteiger partial charge in [0, 0.05) is 44.0 Å². The van der Waals surface area contributed by atoms with Crippen molar-refractivity contribution >= 4 is 17.7 Å². The predicted octanol–water partition coefficient (Wildman–Crippen LogP) is 1.88. The smallest absolute Gasteiger partial charge is 0.191 e. The summed E-state index contributed by atoms with van der Waals surface area (Å²) < 4.78 is 11.4. The van der Waals surface area contributed by atoms with Gasteiger partial charge in [-0.3, -0.25) is 4.99 Å². The van der Waals surface area contributed by atoms with Gasteiger partial charge in [-0.25, -0.2) is 0 Å². The molecule has 0 amide bonds. The first kappa shape index (κ1) is 17.9. The second-order valence-corrected chi connectivity index (χ2v) is 8.10. The van der Waals surface area contributed by atoms with E-state index >= 15 is 0 Å². The molecule has 0 bridgehead atoms. The van der Waals surface area contributed by atoms with Crippen molar-refractivity contribution in [2.45, 2.75) is 37.4 Å². The van der Waals surface area contributed by atoms with E-state index in [0.717, 1.165) is 58.3 Å². The van der Waals surface area contributed by atoms with Gasteiger partial charge in [-0.05, 0) is 38.4 Å². The zero-order valence-corrected chi connectivity index (χ0v) is 14.8. The van der Waals surface area contributed by atoms with E-state index in [0.29, 0.717) is 10.7 Å². The van der Waals surface area contributed by atoms with Gasteiger partial charge in [0.15, 0.2) is 5.96 Å². The number of nitrogens with zero attached hydrogens (tertiary/aromatic N) is 1. The van der Waals surface area contributed by atoms with Crippen LogP contribution in [0.25, 0.3) is 0 Å². The number of rotatable bonds is 8. The first-order valence-electron chi connectivity index (χ1n) is 8.46. The third kappa shape index (κ3) is 6.34. The highest BCUT2D eigenvalue weighted by Crippen LogP contribution is 2.36. The van der Waals surface area contributed by atoms with Crippen molar-refractivity contribution in [3.63, 3.8) is 0 Å². The van der Waals surface area contributed by atoms with Crippen LogP contribution in [0.1, 0.15) is 32.6 Å². The van der Waals surface area contributed by atoms with Gasteiger partial charge in [-0.15, -0.1) is 0 Å². The zero-order valence-electron chi connectivity index (χ0n) is 14.0. The molecule has 128 valence electrons. The lowest BCUT2D eigenvalue weighted by Crippen LogP contribution is -2.44. The highest BCUT2D eigenvalue weighted by atomic mass is 32.2. The van der Waals surface area contributed by atoms with Crippen LogP contribution in [0, 0.1) is 5.92 Å². The summed E-state index contributed by atoms with van der Waals surface area (Å²) >= 11 is 2.07.